The topological polar surface area (TPSA) is 39.8 Å². The van der Waals surface area contributed by atoms with E-state index in [1.54, 1.807) is 4.57 Å². The van der Waals surface area contributed by atoms with E-state index in [0.717, 1.165) is 11.1 Å². The van der Waals surface area contributed by atoms with Crippen LogP contribution in [0.1, 0.15) is 12.5 Å². The summed E-state index contributed by atoms with van der Waals surface area (Å²) in [5, 5.41) is 4.41. The molecule has 4 nitrogen and oxygen atoms in total. The molecule has 0 aliphatic carbocycles. The summed E-state index contributed by atoms with van der Waals surface area (Å²) in [6, 6.07) is 7.93. The van der Waals surface area contributed by atoms with Crippen LogP contribution >= 0.6 is 22.6 Å². The van der Waals surface area contributed by atoms with Crippen molar-refractivity contribution in [3.05, 3.63) is 40.3 Å². The van der Waals surface area contributed by atoms with Gasteiger partial charge in [-0.25, -0.2) is 9.48 Å². The van der Waals surface area contributed by atoms with Gasteiger partial charge in [-0.05, 0) is 23.3 Å². The van der Waals surface area contributed by atoms with Crippen LogP contribution in [0.25, 0.3) is 11.4 Å². The average molecular weight is 367 g/mol. The summed E-state index contributed by atoms with van der Waals surface area (Å²) >= 11 is 1.96. The molecule has 0 aliphatic heterocycles. The number of rotatable bonds is 3. The van der Waals surface area contributed by atoms with Gasteiger partial charge in [-0.15, -0.1) is 5.10 Å². The van der Waals surface area contributed by atoms with Gasteiger partial charge in [-0.2, -0.15) is 0 Å². The SMILES string of the molecule is CCn1c(-c2ccccc2C)nn(CC#CI)c1=O. The molecule has 0 saturated heterocycles. The Balaban J connectivity index is 2.60. The fourth-order valence-electron chi connectivity index (χ4n) is 1.96. The van der Waals surface area contributed by atoms with Crippen LogP contribution in [0.15, 0.2) is 29.1 Å². The van der Waals surface area contributed by atoms with Crippen LogP contribution in [0.5, 0.6) is 0 Å². The molecule has 0 radical (unpaired) electrons. The highest BCUT2D eigenvalue weighted by Crippen LogP contribution is 2.19. The van der Waals surface area contributed by atoms with Crippen molar-refractivity contribution in [3.63, 3.8) is 0 Å². The predicted octanol–water partition coefficient (Wildman–Crippen LogP) is 2.44. The zero-order valence-electron chi connectivity index (χ0n) is 10.9. The summed E-state index contributed by atoms with van der Waals surface area (Å²) in [4.78, 5) is 12.2. The normalized spacial score (nSPS) is 10.1. The first-order valence-corrected chi connectivity index (χ1v) is 7.09. The Morgan fingerprint density at radius 3 is 2.74 bits per heavy atom. The second kappa shape index (κ2) is 6.06. The van der Waals surface area contributed by atoms with E-state index in [-0.39, 0.29) is 5.69 Å². The second-order valence-corrected chi connectivity index (χ2v) is 4.63. The highest BCUT2D eigenvalue weighted by Gasteiger charge is 2.14. The smallest absolute Gasteiger partial charge is 0.275 e. The number of aromatic nitrogens is 3. The lowest BCUT2D eigenvalue weighted by Crippen LogP contribution is -2.24. The Labute approximate surface area is 125 Å². The number of halogens is 1. The quantitative estimate of drug-likeness (QED) is 0.618. The van der Waals surface area contributed by atoms with Crippen molar-refractivity contribution in [1.29, 1.82) is 0 Å². The molecule has 0 spiro atoms. The fraction of sp³-hybridized carbons (Fsp3) is 0.286. The maximum absolute atomic E-state index is 12.2. The number of aryl methyl sites for hydroxylation is 1. The Kier molecular flexibility index (Phi) is 4.43. The summed E-state index contributed by atoms with van der Waals surface area (Å²) in [5.41, 5.74) is 1.98. The van der Waals surface area contributed by atoms with Crippen molar-refractivity contribution in [2.75, 3.05) is 0 Å². The van der Waals surface area contributed by atoms with Gasteiger partial charge in [-0.3, -0.25) is 4.57 Å². The summed E-state index contributed by atoms with van der Waals surface area (Å²) in [7, 11) is 0. The van der Waals surface area contributed by atoms with Crippen molar-refractivity contribution in [1.82, 2.24) is 14.3 Å². The van der Waals surface area contributed by atoms with Crippen LogP contribution < -0.4 is 5.69 Å². The van der Waals surface area contributed by atoms with Crippen molar-refractivity contribution in [2.24, 2.45) is 0 Å². The highest BCUT2D eigenvalue weighted by molar-refractivity contribution is 14.1. The molecule has 0 aliphatic rings. The van der Waals surface area contributed by atoms with Crippen LogP contribution in [0, 0.1) is 16.8 Å². The van der Waals surface area contributed by atoms with Gasteiger partial charge in [0.1, 0.15) is 6.54 Å². The molecule has 0 atom stereocenters. The zero-order chi connectivity index (χ0) is 13.8. The lowest BCUT2D eigenvalue weighted by atomic mass is 10.1. The first kappa shape index (κ1) is 13.9. The molecule has 98 valence electrons. The van der Waals surface area contributed by atoms with Crippen LogP contribution in [0.3, 0.4) is 0 Å². The lowest BCUT2D eigenvalue weighted by molar-refractivity contribution is 0.649. The van der Waals surface area contributed by atoms with Gasteiger partial charge >= 0.3 is 5.69 Å². The molecule has 0 fully saturated rings. The summed E-state index contributed by atoms with van der Waals surface area (Å²) in [5.74, 6) is 3.57. The maximum atomic E-state index is 12.2. The number of nitrogens with zero attached hydrogens (tertiary/aromatic N) is 3. The van der Waals surface area contributed by atoms with E-state index in [2.05, 4.69) is 14.9 Å². The van der Waals surface area contributed by atoms with E-state index < -0.39 is 0 Å². The van der Waals surface area contributed by atoms with Gasteiger partial charge in [0, 0.05) is 34.7 Å². The standard InChI is InChI=1S/C14H14IN3O/c1-3-17-13(12-8-5-4-7-11(12)2)16-18(14(17)19)10-6-9-15/h4-5,7-8H,3,10H2,1-2H3. The van der Waals surface area contributed by atoms with E-state index in [1.165, 1.54) is 4.68 Å². The monoisotopic (exact) mass is 367 g/mol. The molecule has 0 bridgehead atoms. The minimum Gasteiger partial charge on any atom is -0.275 e. The third-order valence-electron chi connectivity index (χ3n) is 2.92. The van der Waals surface area contributed by atoms with Crippen molar-refractivity contribution >= 4 is 22.6 Å². The van der Waals surface area contributed by atoms with E-state index in [9.17, 15) is 4.79 Å². The Bertz CT molecular complexity index is 703. The summed E-state index contributed by atoms with van der Waals surface area (Å²) in [6.07, 6.45) is 0. The van der Waals surface area contributed by atoms with Gasteiger partial charge in [-0.1, -0.05) is 30.2 Å². The highest BCUT2D eigenvalue weighted by atomic mass is 127. The van der Waals surface area contributed by atoms with Gasteiger partial charge in [0.2, 0.25) is 0 Å². The zero-order valence-corrected chi connectivity index (χ0v) is 13.0. The molecule has 0 amide bonds. The van der Waals surface area contributed by atoms with Gasteiger partial charge in [0.25, 0.3) is 0 Å². The second-order valence-electron chi connectivity index (χ2n) is 4.09. The van der Waals surface area contributed by atoms with Crippen LogP contribution in [0.4, 0.5) is 0 Å². The molecule has 0 saturated carbocycles. The number of hydrogen-bond acceptors (Lipinski definition) is 2. The van der Waals surface area contributed by atoms with Gasteiger partial charge < -0.3 is 0 Å². The molecule has 2 aromatic rings. The average Bonchev–Trinajstić information content (AvgIpc) is 2.73. The molecular formula is C14H14IN3O. The van der Waals surface area contributed by atoms with Gasteiger partial charge in [0.15, 0.2) is 5.82 Å². The number of hydrogen-bond donors (Lipinski definition) is 0. The molecule has 0 N–H and O–H groups in total. The molecule has 1 aromatic carbocycles. The third kappa shape index (κ3) is 2.73. The predicted molar refractivity (Wildman–Crippen MR) is 84.1 cm³/mol. The third-order valence-corrected chi connectivity index (χ3v) is 3.30. The Morgan fingerprint density at radius 1 is 1.37 bits per heavy atom. The van der Waals surface area contributed by atoms with Crippen molar-refractivity contribution in [2.45, 2.75) is 26.9 Å². The largest absolute Gasteiger partial charge is 0.347 e. The van der Waals surface area contributed by atoms with Crippen LogP contribution in [-0.4, -0.2) is 14.3 Å². The van der Waals surface area contributed by atoms with E-state index >= 15 is 0 Å². The fourth-order valence-corrected chi connectivity index (χ4v) is 2.13. The Morgan fingerprint density at radius 2 is 2.11 bits per heavy atom. The van der Waals surface area contributed by atoms with Gasteiger partial charge in [0.05, 0.1) is 0 Å². The first-order valence-electron chi connectivity index (χ1n) is 6.01. The molecular weight excluding hydrogens is 353 g/mol. The van der Waals surface area contributed by atoms with Crippen molar-refractivity contribution in [3.8, 4) is 21.2 Å². The molecule has 1 heterocycles. The molecule has 1 aromatic heterocycles. The van der Waals surface area contributed by atoms with E-state index in [4.69, 9.17) is 0 Å². The van der Waals surface area contributed by atoms with E-state index in [1.807, 2.05) is 60.7 Å². The number of benzene rings is 1. The minimum atomic E-state index is -0.111. The molecule has 2 rings (SSSR count). The lowest BCUT2D eigenvalue weighted by Gasteiger charge is -2.04. The van der Waals surface area contributed by atoms with E-state index in [0.29, 0.717) is 18.9 Å². The summed E-state index contributed by atoms with van der Waals surface area (Å²) < 4.78 is 5.84. The van der Waals surface area contributed by atoms with Crippen LogP contribution in [-0.2, 0) is 13.1 Å². The first-order chi connectivity index (χ1) is 9.19. The molecule has 19 heavy (non-hydrogen) atoms. The Hall–Kier alpha value is -1.55. The minimum absolute atomic E-state index is 0.111. The maximum Gasteiger partial charge on any atom is 0.347 e. The van der Waals surface area contributed by atoms with Crippen molar-refractivity contribution < 1.29 is 0 Å². The molecule has 5 heteroatoms. The molecule has 0 unspecified atom stereocenters. The summed E-state index contributed by atoms with van der Waals surface area (Å²) in [6.45, 7) is 4.89. The van der Waals surface area contributed by atoms with Crippen LogP contribution in [0.2, 0.25) is 0 Å².